The molecule has 0 N–H and O–H groups in total. The highest BCUT2D eigenvalue weighted by molar-refractivity contribution is 5.90. The van der Waals surface area contributed by atoms with Crippen molar-refractivity contribution in [1.29, 1.82) is 0 Å². The smallest absolute Gasteiger partial charge is 0.334 e. The normalized spacial score (nSPS) is 16.1. The van der Waals surface area contributed by atoms with Crippen LogP contribution in [-0.4, -0.2) is 36.7 Å². The summed E-state index contributed by atoms with van der Waals surface area (Å²) in [6, 6.07) is 1.91. The predicted molar refractivity (Wildman–Crippen MR) is 111 cm³/mol. The average Bonchev–Trinajstić information content (AvgIpc) is 3.46. The van der Waals surface area contributed by atoms with E-state index in [2.05, 4.69) is 15.1 Å². The lowest BCUT2D eigenvalue weighted by Crippen LogP contribution is -2.31. The van der Waals surface area contributed by atoms with Gasteiger partial charge in [0.05, 0.1) is 23.3 Å². The van der Waals surface area contributed by atoms with E-state index in [1.54, 1.807) is 33.2 Å². The van der Waals surface area contributed by atoms with E-state index in [0.29, 0.717) is 23.7 Å². The molecular weight excluding hydrogens is 382 g/mol. The molecule has 0 saturated heterocycles. The van der Waals surface area contributed by atoms with Gasteiger partial charge >= 0.3 is 5.97 Å². The van der Waals surface area contributed by atoms with Gasteiger partial charge < -0.3 is 9.63 Å². The Kier molecular flexibility index (Phi) is 5.40. The summed E-state index contributed by atoms with van der Waals surface area (Å²) in [6.45, 7) is 5.40. The molecule has 3 heterocycles. The molecule has 158 valence electrons. The average molecular weight is 409 g/mol. The van der Waals surface area contributed by atoms with Crippen LogP contribution in [0.15, 0.2) is 31.0 Å². The van der Waals surface area contributed by atoms with E-state index in [1.807, 2.05) is 16.9 Å². The van der Waals surface area contributed by atoms with Crippen molar-refractivity contribution < 1.29 is 14.4 Å². The van der Waals surface area contributed by atoms with E-state index in [1.165, 1.54) is 23.9 Å². The van der Waals surface area contributed by atoms with Gasteiger partial charge in [-0.15, -0.1) is 0 Å². The van der Waals surface area contributed by atoms with E-state index >= 15 is 0 Å². The van der Waals surface area contributed by atoms with Crippen molar-refractivity contribution in [3.8, 4) is 11.3 Å². The van der Waals surface area contributed by atoms with Gasteiger partial charge in [-0.1, -0.05) is 12.8 Å². The maximum atomic E-state index is 12.3. The van der Waals surface area contributed by atoms with Crippen molar-refractivity contribution in [2.75, 3.05) is 0 Å². The first-order chi connectivity index (χ1) is 14.4. The molecule has 8 heteroatoms. The number of fused-ring (bicyclic) bond motifs is 1. The monoisotopic (exact) mass is 409 g/mol. The number of carbonyl (C=O) groups is 2. The van der Waals surface area contributed by atoms with Crippen molar-refractivity contribution in [2.45, 2.75) is 58.9 Å². The molecule has 0 radical (unpaired) electrons. The van der Waals surface area contributed by atoms with Crippen LogP contribution in [0.4, 0.5) is 0 Å². The lowest BCUT2D eigenvalue weighted by molar-refractivity contribution is -0.152. The summed E-state index contributed by atoms with van der Waals surface area (Å²) < 4.78 is 3.29. The van der Waals surface area contributed by atoms with Crippen LogP contribution < -0.4 is 4.84 Å². The standard InChI is InChI=1S/C22H27N5O3/c1-22(2,3)21(29)30-27-10-8-17-19(23-14-24-20(17)27)16-12-25-26(13-16)18(9-11-28)15-6-4-5-7-15/h8,10-15,18H,4-7,9H2,1-3H3. The Hall–Kier alpha value is -3.03. The molecule has 4 rings (SSSR count). The number of hydrogen-bond donors (Lipinski definition) is 0. The molecule has 0 bridgehead atoms. The molecule has 30 heavy (non-hydrogen) atoms. The van der Waals surface area contributed by atoms with Gasteiger partial charge in [0.25, 0.3) is 0 Å². The second-order valence-corrected chi connectivity index (χ2v) is 8.95. The first-order valence-corrected chi connectivity index (χ1v) is 10.4. The molecule has 1 aliphatic carbocycles. The van der Waals surface area contributed by atoms with Crippen LogP contribution in [0.25, 0.3) is 22.3 Å². The fraction of sp³-hybridized carbons (Fsp3) is 0.500. The fourth-order valence-corrected chi connectivity index (χ4v) is 4.06. The molecular formula is C22H27N5O3. The molecule has 1 aliphatic rings. The Morgan fingerprint density at radius 1 is 1.30 bits per heavy atom. The highest BCUT2D eigenvalue weighted by Crippen LogP contribution is 2.36. The minimum Gasteiger partial charge on any atom is -0.334 e. The third-order valence-corrected chi connectivity index (χ3v) is 5.74. The molecule has 1 unspecified atom stereocenters. The minimum absolute atomic E-state index is 0.0772. The summed E-state index contributed by atoms with van der Waals surface area (Å²) >= 11 is 0. The van der Waals surface area contributed by atoms with Crippen LogP contribution in [0.1, 0.15) is 58.9 Å². The van der Waals surface area contributed by atoms with E-state index in [0.717, 1.165) is 30.1 Å². The van der Waals surface area contributed by atoms with Crippen LogP contribution in [0, 0.1) is 11.3 Å². The maximum absolute atomic E-state index is 12.3. The SMILES string of the molecule is CC(C)(C)C(=O)On1ccc2c(-c3cnn(C(CC=O)C4CCCC4)c3)ncnc21. The van der Waals surface area contributed by atoms with Gasteiger partial charge in [-0.3, -0.25) is 4.68 Å². The van der Waals surface area contributed by atoms with Crippen LogP contribution in [0.5, 0.6) is 0 Å². The number of nitrogens with zero attached hydrogens (tertiary/aromatic N) is 5. The zero-order valence-corrected chi connectivity index (χ0v) is 17.6. The van der Waals surface area contributed by atoms with Crippen molar-refractivity contribution in [3.63, 3.8) is 0 Å². The van der Waals surface area contributed by atoms with E-state index in [9.17, 15) is 9.59 Å². The van der Waals surface area contributed by atoms with Gasteiger partial charge in [-0.05, 0) is 45.6 Å². The highest BCUT2D eigenvalue weighted by atomic mass is 16.7. The predicted octanol–water partition coefficient (Wildman–Crippen LogP) is 3.62. The Labute approximate surface area is 175 Å². The summed E-state index contributed by atoms with van der Waals surface area (Å²) in [5, 5.41) is 5.33. The lowest BCUT2D eigenvalue weighted by atomic mass is 9.96. The summed E-state index contributed by atoms with van der Waals surface area (Å²) in [4.78, 5) is 37.8. The molecule has 1 atom stereocenters. The van der Waals surface area contributed by atoms with Gasteiger partial charge in [0, 0.05) is 29.8 Å². The van der Waals surface area contributed by atoms with E-state index in [-0.39, 0.29) is 12.0 Å². The zero-order valence-electron chi connectivity index (χ0n) is 17.6. The molecule has 0 amide bonds. The summed E-state index contributed by atoms with van der Waals surface area (Å²) in [5.74, 6) is 0.132. The molecule has 3 aromatic heterocycles. The Bertz CT molecular complexity index is 1060. The molecule has 0 spiro atoms. The Balaban J connectivity index is 1.66. The Morgan fingerprint density at radius 2 is 2.07 bits per heavy atom. The van der Waals surface area contributed by atoms with Gasteiger partial charge in [0.1, 0.15) is 12.6 Å². The third kappa shape index (κ3) is 3.86. The first kappa shape index (κ1) is 20.3. The molecule has 0 aliphatic heterocycles. The van der Waals surface area contributed by atoms with Gasteiger partial charge in [0.2, 0.25) is 0 Å². The quantitative estimate of drug-likeness (QED) is 0.578. The van der Waals surface area contributed by atoms with Crippen molar-refractivity contribution in [2.24, 2.45) is 11.3 Å². The van der Waals surface area contributed by atoms with Crippen LogP contribution in [0.3, 0.4) is 0 Å². The Morgan fingerprint density at radius 3 is 2.77 bits per heavy atom. The summed E-state index contributed by atoms with van der Waals surface area (Å²) in [6.07, 6.45) is 13.0. The van der Waals surface area contributed by atoms with E-state index in [4.69, 9.17) is 4.84 Å². The lowest BCUT2D eigenvalue weighted by Gasteiger charge is -2.21. The third-order valence-electron chi connectivity index (χ3n) is 5.74. The minimum atomic E-state index is -0.624. The topological polar surface area (TPSA) is 91.9 Å². The largest absolute Gasteiger partial charge is 0.338 e. The van der Waals surface area contributed by atoms with Crippen molar-refractivity contribution in [3.05, 3.63) is 31.0 Å². The summed E-state index contributed by atoms with van der Waals surface area (Å²) in [7, 11) is 0. The van der Waals surface area contributed by atoms with Crippen LogP contribution >= 0.6 is 0 Å². The van der Waals surface area contributed by atoms with Gasteiger partial charge in [-0.2, -0.15) is 9.83 Å². The first-order valence-electron chi connectivity index (χ1n) is 10.4. The summed E-state index contributed by atoms with van der Waals surface area (Å²) in [5.41, 5.74) is 1.45. The zero-order chi connectivity index (χ0) is 21.3. The number of carbonyl (C=O) groups excluding carboxylic acids is 2. The maximum Gasteiger partial charge on any atom is 0.338 e. The van der Waals surface area contributed by atoms with Crippen LogP contribution in [0.2, 0.25) is 0 Å². The van der Waals surface area contributed by atoms with E-state index < -0.39 is 5.41 Å². The van der Waals surface area contributed by atoms with Crippen molar-refractivity contribution in [1.82, 2.24) is 24.5 Å². The molecule has 8 nitrogen and oxygen atoms in total. The van der Waals surface area contributed by atoms with Gasteiger partial charge in [-0.25, -0.2) is 14.8 Å². The number of rotatable bonds is 6. The number of hydrogen-bond acceptors (Lipinski definition) is 6. The highest BCUT2D eigenvalue weighted by Gasteiger charge is 2.28. The number of aldehydes is 1. The second-order valence-electron chi connectivity index (χ2n) is 8.95. The second kappa shape index (κ2) is 8.01. The fourth-order valence-electron chi connectivity index (χ4n) is 4.06. The molecule has 1 saturated carbocycles. The van der Waals surface area contributed by atoms with Crippen molar-refractivity contribution >= 4 is 23.3 Å². The molecule has 3 aromatic rings. The molecule has 0 aromatic carbocycles. The molecule has 1 fully saturated rings. The van der Waals surface area contributed by atoms with Crippen LogP contribution in [-0.2, 0) is 9.59 Å². The number of aromatic nitrogens is 5. The van der Waals surface area contributed by atoms with Gasteiger partial charge in [0.15, 0.2) is 5.65 Å².